The molecular formula is C28H48N2O4. The van der Waals surface area contributed by atoms with Crippen molar-refractivity contribution in [1.82, 2.24) is 10.2 Å². The number of fused-ring (bicyclic) bond motifs is 1. The summed E-state index contributed by atoms with van der Waals surface area (Å²) in [4.78, 5) is 15.9. The third kappa shape index (κ3) is 5.82. The van der Waals surface area contributed by atoms with Crippen molar-refractivity contribution in [2.75, 3.05) is 19.7 Å². The lowest BCUT2D eigenvalue weighted by Gasteiger charge is -2.48. The van der Waals surface area contributed by atoms with Gasteiger partial charge in [-0.05, 0) is 62.7 Å². The van der Waals surface area contributed by atoms with Crippen LogP contribution in [0.15, 0.2) is 0 Å². The molecule has 0 spiro atoms. The van der Waals surface area contributed by atoms with Crippen LogP contribution in [0, 0.1) is 23.7 Å². The zero-order valence-electron chi connectivity index (χ0n) is 21.1. The number of amides is 1. The Balaban J connectivity index is 1.23. The lowest BCUT2D eigenvalue weighted by atomic mass is 9.71. The van der Waals surface area contributed by atoms with E-state index in [4.69, 9.17) is 4.74 Å². The van der Waals surface area contributed by atoms with Gasteiger partial charge in [-0.2, -0.15) is 0 Å². The monoisotopic (exact) mass is 476 g/mol. The molecule has 1 amide bonds. The van der Waals surface area contributed by atoms with Crippen LogP contribution >= 0.6 is 0 Å². The predicted octanol–water partition coefficient (Wildman–Crippen LogP) is 3.63. The Hall–Kier alpha value is -0.690. The number of hydrogen-bond donors (Lipinski definition) is 3. The summed E-state index contributed by atoms with van der Waals surface area (Å²) in [5.41, 5.74) is 0. The molecule has 5 rings (SSSR count). The van der Waals surface area contributed by atoms with Gasteiger partial charge in [-0.25, -0.2) is 0 Å². The zero-order valence-corrected chi connectivity index (χ0v) is 21.1. The highest BCUT2D eigenvalue weighted by molar-refractivity contribution is 5.80. The molecular weight excluding hydrogens is 428 g/mol. The molecule has 0 radical (unpaired) electrons. The molecule has 1 saturated heterocycles. The van der Waals surface area contributed by atoms with E-state index in [0.717, 1.165) is 19.5 Å². The maximum absolute atomic E-state index is 13.8. The van der Waals surface area contributed by atoms with E-state index in [9.17, 15) is 15.0 Å². The Kier molecular flexibility index (Phi) is 8.50. The molecule has 5 aliphatic rings. The number of nitrogens with one attached hydrogen (secondary N) is 1. The van der Waals surface area contributed by atoms with Gasteiger partial charge in [0, 0.05) is 44.6 Å². The normalized spacial score (nSPS) is 40.3. The Bertz CT molecular complexity index is 663. The van der Waals surface area contributed by atoms with Gasteiger partial charge < -0.3 is 25.2 Å². The van der Waals surface area contributed by atoms with Gasteiger partial charge >= 0.3 is 0 Å². The summed E-state index contributed by atoms with van der Waals surface area (Å²) < 4.78 is 6.32. The molecule has 7 atom stereocenters. The maximum atomic E-state index is 13.8. The van der Waals surface area contributed by atoms with E-state index in [1.54, 1.807) is 0 Å². The second-order valence-corrected chi connectivity index (χ2v) is 12.3. The number of aliphatic hydroxyl groups excluding tert-OH is 2. The van der Waals surface area contributed by atoms with Gasteiger partial charge in [0.05, 0.1) is 24.2 Å². The number of carbonyl (C=O) groups is 1. The molecule has 4 aliphatic carbocycles. The fraction of sp³-hybridized carbons (Fsp3) is 0.964. The Morgan fingerprint density at radius 3 is 2.44 bits per heavy atom. The van der Waals surface area contributed by atoms with Gasteiger partial charge in [0.25, 0.3) is 0 Å². The minimum atomic E-state index is -0.816. The minimum Gasteiger partial charge on any atom is -0.393 e. The molecule has 194 valence electrons. The van der Waals surface area contributed by atoms with Crippen molar-refractivity contribution in [2.45, 2.75) is 127 Å². The Morgan fingerprint density at radius 2 is 1.65 bits per heavy atom. The quantitative estimate of drug-likeness (QED) is 0.545. The van der Waals surface area contributed by atoms with Crippen molar-refractivity contribution in [1.29, 1.82) is 0 Å². The number of aliphatic hydroxyl groups is 2. The number of hydrogen-bond acceptors (Lipinski definition) is 5. The van der Waals surface area contributed by atoms with Gasteiger partial charge in [0.1, 0.15) is 0 Å². The van der Waals surface area contributed by atoms with Gasteiger partial charge in [0.15, 0.2) is 0 Å². The first-order valence-electron chi connectivity index (χ1n) is 14.6. The number of carbonyl (C=O) groups excluding carboxylic acids is 1. The van der Waals surface area contributed by atoms with E-state index in [2.05, 4.69) is 10.2 Å². The molecule has 6 nitrogen and oxygen atoms in total. The van der Waals surface area contributed by atoms with Crippen molar-refractivity contribution >= 4 is 5.91 Å². The first kappa shape index (κ1) is 25.0. The topological polar surface area (TPSA) is 82.0 Å². The van der Waals surface area contributed by atoms with Crippen LogP contribution in [-0.2, 0) is 9.53 Å². The molecule has 34 heavy (non-hydrogen) atoms. The number of rotatable bonds is 6. The van der Waals surface area contributed by atoms with Crippen molar-refractivity contribution in [3.63, 3.8) is 0 Å². The third-order valence-electron chi connectivity index (χ3n) is 9.92. The van der Waals surface area contributed by atoms with E-state index in [-0.39, 0.29) is 18.4 Å². The highest BCUT2D eigenvalue weighted by atomic mass is 16.5. The van der Waals surface area contributed by atoms with Crippen LogP contribution in [-0.4, -0.2) is 71.1 Å². The van der Waals surface area contributed by atoms with Gasteiger partial charge in [-0.1, -0.05) is 38.5 Å². The lowest BCUT2D eigenvalue weighted by molar-refractivity contribution is -0.162. The maximum Gasteiger partial charge on any atom is 0.230 e. The van der Waals surface area contributed by atoms with Crippen molar-refractivity contribution in [3.05, 3.63) is 0 Å². The van der Waals surface area contributed by atoms with Gasteiger partial charge in [-0.3, -0.25) is 4.79 Å². The first-order valence-corrected chi connectivity index (χ1v) is 14.6. The fourth-order valence-corrected chi connectivity index (χ4v) is 7.96. The van der Waals surface area contributed by atoms with Gasteiger partial charge in [-0.15, -0.1) is 0 Å². The molecule has 0 aromatic heterocycles. The van der Waals surface area contributed by atoms with Crippen molar-refractivity contribution in [2.24, 2.45) is 23.7 Å². The van der Waals surface area contributed by atoms with E-state index in [1.807, 2.05) is 0 Å². The molecule has 3 N–H and O–H groups in total. The molecule has 0 aromatic rings. The third-order valence-corrected chi connectivity index (χ3v) is 9.92. The predicted molar refractivity (Wildman–Crippen MR) is 132 cm³/mol. The number of likely N-dealkylation sites (tertiary alicyclic amines) is 1. The number of nitrogens with zero attached hydrogens (tertiary/aromatic N) is 1. The number of ether oxygens (including phenoxy) is 1. The highest BCUT2D eigenvalue weighted by Gasteiger charge is 2.46. The Morgan fingerprint density at radius 1 is 0.882 bits per heavy atom. The van der Waals surface area contributed by atoms with Crippen LogP contribution in [0.4, 0.5) is 0 Å². The standard InChI is InChI=1S/C28H48N2O4/c31-22-15-25(32)27(26(16-22)34-18-19-7-2-1-3-8-19)28(33)30-14-13-20-9-6-12-24(23(20)17-30)29-21-10-4-5-11-21/h19-27,29,31-32H,1-18H2. The van der Waals surface area contributed by atoms with Crippen molar-refractivity contribution in [3.8, 4) is 0 Å². The van der Waals surface area contributed by atoms with E-state index in [1.165, 1.54) is 77.0 Å². The molecule has 6 heteroatoms. The summed E-state index contributed by atoms with van der Waals surface area (Å²) in [5.74, 6) is 1.33. The van der Waals surface area contributed by atoms with Crippen LogP contribution in [0.3, 0.4) is 0 Å². The zero-order chi connectivity index (χ0) is 23.5. The molecule has 0 bridgehead atoms. The molecule has 7 unspecified atom stereocenters. The SMILES string of the molecule is O=C(C1C(O)CC(O)CC1OCC1CCCCC1)N1CCC2CCCC(NC3CCCC3)C2C1. The summed E-state index contributed by atoms with van der Waals surface area (Å²) in [7, 11) is 0. The van der Waals surface area contributed by atoms with E-state index < -0.39 is 18.1 Å². The van der Waals surface area contributed by atoms with Crippen LogP contribution in [0.5, 0.6) is 0 Å². The van der Waals surface area contributed by atoms with Crippen molar-refractivity contribution < 1.29 is 19.7 Å². The summed E-state index contributed by atoms with van der Waals surface area (Å²) in [6, 6.07) is 1.18. The van der Waals surface area contributed by atoms with Crippen LogP contribution < -0.4 is 5.32 Å². The molecule has 0 aromatic carbocycles. The second-order valence-electron chi connectivity index (χ2n) is 12.3. The number of piperidine rings is 1. The average molecular weight is 477 g/mol. The summed E-state index contributed by atoms with van der Waals surface area (Å²) in [6.45, 7) is 2.28. The summed E-state index contributed by atoms with van der Waals surface area (Å²) in [6.07, 6.45) is 15.4. The smallest absolute Gasteiger partial charge is 0.230 e. The largest absolute Gasteiger partial charge is 0.393 e. The van der Waals surface area contributed by atoms with E-state index >= 15 is 0 Å². The van der Waals surface area contributed by atoms with Gasteiger partial charge in [0.2, 0.25) is 5.91 Å². The fourth-order valence-electron chi connectivity index (χ4n) is 7.96. The van der Waals surface area contributed by atoms with E-state index in [0.29, 0.717) is 42.9 Å². The summed E-state index contributed by atoms with van der Waals surface area (Å²) in [5, 5.41) is 25.3. The van der Waals surface area contributed by atoms with Crippen LogP contribution in [0.1, 0.15) is 96.3 Å². The Labute approximate surface area is 206 Å². The highest BCUT2D eigenvalue weighted by Crippen LogP contribution is 2.39. The second kappa shape index (κ2) is 11.6. The molecule has 1 heterocycles. The molecule has 5 fully saturated rings. The molecule has 1 aliphatic heterocycles. The minimum absolute atomic E-state index is 0.0664. The molecule has 4 saturated carbocycles. The van der Waals surface area contributed by atoms with Crippen LogP contribution in [0.25, 0.3) is 0 Å². The lowest BCUT2D eigenvalue weighted by Crippen LogP contribution is -2.58. The average Bonchev–Trinajstić information content (AvgIpc) is 3.36. The summed E-state index contributed by atoms with van der Waals surface area (Å²) >= 11 is 0. The van der Waals surface area contributed by atoms with Crippen LogP contribution in [0.2, 0.25) is 0 Å². The first-order chi connectivity index (χ1) is 16.6.